The van der Waals surface area contributed by atoms with E-state index in [1.54, 1.807) is 18.2 Å². The standard InChI is InChI=1S/C12H9NO3/c14-10-6-2-1-4-8(10)12-9(13-16)5-3-7-11(12)15/h1-7,14-15H. The van der Waals surface area contributed by atoms with Crippen LogP contribution in [0.2, 0.25) is 0 Å². The smallest absolute Gasteiger partial charge is 0.125 e. The number of hydrogen-bond acceptors (Lipinski definition) is 4. The molecule has 0 aliphatic carbocycles. The third-order valence-corrected chi connectivity index (χ3v) is 2.29. The molecule has 0 bridgehead atoms. The zero-order valence-electron chi connectivity index (χ0n) is 8.29. The number of phenolic OH excluding ortho intramolecular Hbond substituents is 2. The van der Waals surface area contributed by atoms with E-state index in [1.807, 2.05) is 0 Å². The lowest BCUT2D eigenvalue weighted by molar-refractivity contribution is 0.469. The monoisotopic (exact) mass is 215 g/mol. The van der Waals surface area contributed by atoms with Crippen LogP contribution in [0.25, 0.3) is 11.1 Å². The summed E-state index contributed by atoms with van der Waals surface area (Å²) in [6, 6.07) is 10.9. The molecular formula is C12H9NO3. The van der Waals surface area contributed by atoms with Crippen molar-refractivity contribution < 1.29 is 10.2 Å². The molecule has 0 spiro atoms. The molecule has 0 amide bonds. The van der Waals surface area contributed by atoms with Crippen molar-refractivity contribution in [2.75, 3.05) is 0 Å². The van der Waals surface area contributed by atoms with Gasteiger partial charge in [-0.15, -0.1) is 4.91 Å². The van der Waals surface area contributed by atoms with E-state index in [9.17, 15) is 15.1 Å². The molecule has 2 N–H and O–H groups in total. The summed E-state index contributed by atoms with van der Waals surface area (Å²) in [5.41, 5.74) is 0.729. The van der Waals surface area contributed by atoms with Crippen LogP contribution in [0, 0.1) is 4.91 Å². The Kier molecular flexibility index (Phi) is 2.55. The zero-order valence-corrected chi connectivity index (χ0v) is 8.29. The number of aromatic hydroxyl groups is 2. The normalized spacial score (nSPS) is 10.0. The van der Waals surface area contributed by atoms with Gasteiger partial charge in [-0.05, 0) is 23.4 Å². The Bertz CT molecular complexity index is 538. The third-order valence-electron chi connectivity index (χ3n) is 2.29. The first-order chi connectivity index (χ1) is 7.74. The van der Waals surface area contributed by atoms with Gasteiger partial charge in [0.25, 0.3) is 0 Å². The summed E-state index contributed by atoms with van der Waals surface area (Å²) in [7, 11) is 0. The van der Waals surface area contributed by atoms with Gasteiger partial charge >= 0.3 is 0 Å². The zero-order chi connectivity index (χ0) is 11.5. The fourth-order valence-electron chi connectivity index (χ4n) is 1.57. The van der Waals surface area contributed by atoms with E-state index in [1.165, 1.54) is 24.3 Å². The van der Waals surface area contributed by atoms with E-state index in [0.29, 0.717) is 5.56 Å². The molecule has 0 saturated heterocycles. The summed E-state index contributed by atoms with van der Waals surface area (Å²) in [6.45, 7) is 0. The molecule has 2 rings (SSSR count). The molecule has 0 atom stereocenters. The first-order valence-electron chi connectivity index (χ1n) is 4.67. The molecule has 4 heteroatoms. The Labute approximate surface area is 91.8 Å². The summed E-state index contributed by atoms with van der Waals surface area (Å²) in [4.78, 5) is 10.6. The Morgan fingerprint density at radius 2 is 1.56 bits per heavy atom. The van der Waals surface area contributed by atoms with Crippen molar-refractivity contribution in [3.63, 3.8) is 0 Å². The first-order valence-corrected chi connectivity index (χ1v) is 4.67. The molecule has 0 radical (unpaired) electrons. The molecule has 2 aromatic rings. The second-order valence-corrected chi connectivity index (χ2v) is 3.28. The van der Waals surface area contributed by atoms with Crippen molar-refractivity contribution in [1.82, 2.24) is 0 Å². The maximum Gasteiger partial charge on any atom is 0.125 e. The molecule has 0 saturated carbocycles. The molecule has 4 nitrogen and oxygen atoms in total. The molecule has 2 aromatic carbocycles. The lowest BCUT2D eigenvalue weighted by Crippen LogP contribution is -1.81. The highest BCUT2D eigenvalue weighted by Crippen LogP contribution is 2.41. The summed E-state index contributed by atoms with van der Waals surface area (Å²) in [5.74, 6) is -0.0903. The van der Waals surface area contributed by atoms with E-state index in [-0.39, 0.29) is 22.7 Å². The van der Waals surface area contributed by atoms with Crippen molar-refractivity contribution in [3.8, 4) is 22.6 Å². The maximum absolute atomic E-state index is 10.6. The number of rotatable bonds is 2. The van der Waals surface area contributed by atoms with Crippen molar-refractivity contribution in [3.05, 3.63) is 47.4 Å². The highest BCUT2D eigenvalue weighted by Gasteiger charge is 2.13. The second-order valence-electron chi connectivity index (χ2n) is 3.28. The van der Waals surface area contributed by atoms with Gasteiger partial charge in [0.05, 0.1) is 5.56 Å². The maximum atomic E-state index is 10.6. The van der Waals surface area contributed by atoms with Crippen molar-refractivity contribution >= 4 is 5.69 Å². The highest BCUT2D eigenvalue weighted by atomic mass is 16.3. The van der Waals surface area contributed by atoms with Gasteiger partial charge in [-0.25, -0.2) is 0 Å². The molecule has 0 unspecified atom stereocenters. The number of para-hydroxylation sites is 1. The van der Waals surface area contributed by atoms with Gasteiger partial charge in [-0.1, -0.05) is 24.3 Å². The van der Waals surface area contributed by atoms with Gasteiger partial charge in [0.15, 0.2) is 0 Å². The predicted molar refractivity (Wildman–Crippen MR) is 60.7 cm³/mol. The molecule has 0 fully saturated rings. The lowest BCUT2D eigenvalue weighted by atomic mass is 10.0. The second kappa shape index (κ2) is 4.02. The average Bonchev–Trinajstić information content (AvgIpc) is 2.30. The lowest BCUT2D eigenvalue weighted by Gasteiger charge is -2.08. The molecule has 0 aromatic heterocycles. The molecule has 0 heterocycles. The van der Waals surface area contributed by atoms with Crippen LogP contribution < -0.4 is 0 Å². The number of nitrogens with zero attached hydrogens (tertiary/aromatic N) is 1. The van der Waals surface area contributed by atoms with E-state index >= 15 is 0 Å². The van der Waals surface area contributed by atoms with E-state index in [4.69, 9.17) is 0 Å². The van der Waals surface area contributed by atoms with Crippen LogP contribution in [0.15, 0.2) is 47.6 Å². The summed E-state index contributed by atoms with van der Waals surface area (Å²) >= 11 is 0. The predicted octanol–water partition coefficient (Wildman–Crippen LogP) is 3.16. The van der Waals surface area contributed by atoms with Gasteiger partial charge in [0, 0.05) is 5.56 Å². The minimum Gasteiger partial charge on any atom is -0.507 e. The SMILES string of the molecule is O=Nc1cccc(O)c1-c1ccccc1O. The van der Waals surface area contributed by atoms with Crippen LogP contribution >= 0.6 is 0 Å². The van der Waals surface area contributed by atoms with Gasteiger partial charge in [-0.2, -0.15) is 0 Å². The molecule has 0 aliphatic heterocycles. The van der Waals surface area contributed by atoms with Crippen molar-refractivity contribution in [2.24, 2.45) is 5.18 Å². The van der Waals surface area contributed by atoms with E-state index < -0.39 is 0 Å². The molecule has 16 heavy (non-hydrogen) atoms. The Morgan fingerprint density at radius 3 is 2.25 bits per heavy atom. The van der Waals surface area contributed by atoms with Crippen LogP contribution in [0.5, 0.6) is 11.5 Å². The fourth-order valence-corrected chi connectivity index (χ4v) is 1.57. The van der Waals surface area contributed by atoms with Crippen LogP contribution in [-0.2, 0) is 0 Å². The van der Waals surface area contributed by atoms with Gasteiger partial charge < -0.3 is 10.2 Å². The topological polar surface area (TPSA) is 69.9 Å². The molecule has 80 valence electrons. The fraction of sp³-hybridized carbons (Fsp3) is 0. The Morgan fingerprint density at radius 1 is 0.875 bits per heavy atom. The minimum atomic E-state index is -0.0846. The Hall–Kier alpha value is -2.36. The highest BCUT2D eigenvalue weighted by molar-refractivity contribution is 5.84. The van der Waals surface area contributed by atoms with E-state index in [0.717, 1.165) is 0 Å². The third kappa shape index (κ3) is 1.61. The quantitative estimate of drug-likeness (QED) is 0.756. The largest absolute Gasteiger partial charge is 0.507 e. The molecular weight excluding hydrogens is 206 g/mol. The number of hydrogen-bond donors (Lipinski definition) is 2. The first kappa shape index (κ1) is 10.2. The van der Waals surface area contributed by atoms with Crippen molar-refractivity contribution in [1.29, 1.82) is 0 Å². The van der Waals surface area contributed by atoms with Crippen LogP contribution in [0.3, 0.4) is 0 Å². The Balaban J connectivity index is 2.73. The van der Waals surface area contributed by atoms with Gasteiger partial charge in [0.2, 0.25) is 0 Å². The average molecular weight is 215 g/mol. The number of benzene rings is 2. The minimum absolute atomic E-state index is 0.00565. The van der Waals surface area contributed by atoms with Gasteiger partial charge in [-0.3, -0.25) is 0 Å². The summed E-state index contributed by atoms with van der Waals surface area (Å²) < 4.78 is 0. The number of nitroso groups, excluding NO2 is 1. The summed E-state index contributed by atoms with van der Waals surface area (Å²) in [5, 5.41) is 22.2. The summed E-state index contributed by atoms with van der Waals surface area (Å²) in [6.07, 6.45) is 0. The molecule has 0 aliphatic rings. The van der Waals surface area contributed by atoms with Crippen LogP contribution in [0.4, 0.5) is 5.69 Å². The van der Waals surface area contributed by atoms with Crippen molar-refractivity contribution in [2.45, 2.75) is 0 Å². The van der Waals surface area contributed by atoms with Crippen LogP contribution in [-0.4, -0.2) is 10.2 Å². The van der Waals surface area contributed by atoms with Crippen LogP contribution in [0.1, 0.15) is 0 Å². The van der Waals surface area contributed by atoms with Gasteiger partial charge in [0.1, 0.15) is 17.2 Å². The number of phenols is 2. The van der Waals surface area contributed by atoms with E-state index in [2.05, 4.69) is 5.18 Å².